The van der Waals surface area contributed by atoms with Gasteiger partial charge < -0.3 is 10.2 Å². The van der Waals surface area contributed by atoms with Gasteiger partial charge in [0.2, 0.25) is 0 Å². The van der Waals surface area contributed by atoms with Gasteiger partial charge in [0.15, 0.2) is 4.67 Å². The molecule has 0 spiro atoms. The second-order valence-electron chi connectivity index (χ2n) is 2.76. The summed E-state index contributed by atoms with van der Waals surface area (Å²) in [5, 5.41) is 0. The van der Waals surface area contributed by atoms with Crippen molar-refractivity contribution in [3.8, 4) is 0 Å². The molecule has 0 bridgehead atoms. The maximum Gasteiger partial charge on any atom is 0.169 e. The summed E-state index contributed by atoms with van der Waals surface area (Å²) in [6.45, 7) is 0. The van der Waals surface area contributed by atoms with E-state index in [0.717, 1.165) is 14.4 Å². The molecule has 2 N–H and O–H groups in total. The summed E-state index contributed by atoms with van der Waals surface area (Å²) in [6, 6.07) is 7.52. The topological polar surface area (TPSA) is 39.2 Å². The van der Waals surface area contributed by atoms with Crippen LogP contribution < -0.4 is 5.73 Å². The molecule has 0 fully saturated rings. The lowest BCUT2D eigenvalue weighted by Gasteiger charge is -2.04. The van der Waals surface area contributed by atoms with Gasteiger partial charge in [-0.1, -0.05) is 0 Å². The van der Waals surface area contributed by atoms with Crippen LogP contribution in [0.25, 0.3) is 0 Å². The SMILES string of the molecule is NC(c1ccc(Br)o1)c1ccc(Br)s1. The van der Waals surface area contributed by atoms with Crippen molar-refractivity contribution < 1.29 is 4.42 Å². The Morgan fingerprint density at radius 1 is 1.21 bits per heavy atom. The maximum absolute atomic E-state index is 6.02. The van der Waals surface area contributed by atoms with Crippen molar-refractivity contribution in [1.82, 2.24) is 0 Å². The van der Waals surface area contributed by atoms with Crippen molar-refractivity contribution in [2.75, 3.05) is 0 Å². The first-order valence-corrected chi connectivity index (χ1v) is 6.33. The van der Waals surface area contributed by atoms with Crippen LogP contribution in [0.15, 0.2) is 37.1 Å². The van der Waals surface area contributed by atoms with Crippen molar-refractivity contribution >= 4 is 43.2 Å². The van der Waals surface area contributed by atoms with E-state index in [-0.39, 0.29) is 6.04 Å². The second-order valence-corrected chi connectivity index (χ2v) is 6.04. The van der Waals surface area contributed by atoms with E-state index in [2.05, 4.69) is 31.9 Å². The van der Waals surface area contributed by atoms with Gasteiger partial charge in [0.05, 0.1) is 9.83 Å². The average Bonchev–Trinajstić information content (AvgIpc) is 2.73. The zero-order valence-corrected chi connectivity index (χ0v) is 11.0. The van der Waals surface area contributed by atoms with Crippen LogP contribution >= 0.6 is 43.2 Å². The molecule has 0 radical (unpaired) electrons. The fourth-order valence-corrected chi connectivity index (χ4v) is 2.88. The molecule has 0 saturated heterocycles. The summed E-state index contributed by atoms with van der Waals surface area (Å²) in [4.78, 5) is 1.08. The predicted octanol–water partition coefficient (Wildman–Crippen LogP) is 3.91. The largest absolute Gasteiger partial charge is 0.452 e. The maximum atomic E-state index is 6.02. The molecule has 2 heterocycles. The molecule has 2 nitrogen and oxygen atoms in total. The monoisotopic (exact) mass is 335 g/mol. The van der Waals surface area contributed by atoms with Crippen molar-refractivity contribution in [3.63, 3.8) is 0 Å². The normalized spacial score (nSPS) is 13.1. The van der Waals surface area contributed by atoms with Gasteiger partial charge in [0, 0.05) is 4.88 Å². The molecule has 0 aromatic carbocycles. The molecule has 2 aromatic rings. The molecule has 14 heavy (non-hydrogen) atoms. The molecule has 74 valence electrons. The van der Waals surface area contributed by atoms with Gasteiger partial charge in [-0.25, -0.2) is 0 Å². The van der Waals surface area contributed by atoms with E-state index in [9.17, 15) is 0 Å². The third-order valence-corrected chi connectivity index (χ3v) is 3.93. The molecule has 1 unspecified atom stereocenters. The molecule has 0 aliphatic rings. The van der Waals surface area contributed by atoms with Crippen LogP contribution in [0.3, 0.4) is 0 Å². The van der Waals surface area contributed by atoms with Crippen molar-refractivity contribution in [1.29, 1.82) is 0 Å². The minimum absolute atomic E-state index is 0.183. The Bertz CT molecular complexity index is 397. The van der Waals surface area contributed by atoms with E-state index in [4.69, 9.17) is 10.2 Å². The first-order chi connectivity index (χ1) is 6.66. The van der Waals surface area contributed by atoms with E-state index in [1.165, 1.54) is 0 Å². The third-order valence-electron chi connectivity index (χ3n) is 1.80. The Labute approximate surface area is 102 Å². The van der Waals surface area contributed by atoms with Gasteiger partial charge in [-0.2, -0.15) is 0 Å². The summed E-state index contributed by atoms with van der Waals surface area (Å²) >= 11 is 8.27. The molecule has 2 aromatic heterocycles. The van der Waals surface area contributed by atoms with E-state index in [1.54, 1.807) is 11.3 Å². The lowest BCUT2D eigenvalue weighted by atomic mass is 10.2. The molecule has 1 atom stereocenters. The summed E-state index contributed by atoms with van der Waals surface area (Å²) in [5.74, 6) is 0.770. The third kappa shape index (κ3) is 2.11. The number of thiophene rings is 1. The Balaban J connectivity index is 2.28. The van der Waals surface area contributed by atoms with E-state index >= 15 is 0 Å². The highest BCUT2D eigenvalue weighted by Crippen LogP contribution is 2.31. The minimum atomic E-state index is -0.183. The zero-order valence-electron chi connectivity index (χ0n) is 7.04. The molecule has 0 saturated carbocycles. The van der Waals surface area contributed by atoms with Crippen molar-refractivity contribution in [2.24, 2.45) is 5.73 Å². The first-order valence-electron chi connectivity index (χ1n) is 3.93. The van der Waals surface area contributed by atoms with Gasteiger partial charge in [0.25, 0.3) is 0 Å². The molecule has 0 aliphatic carbocycles. The van der Waals surface area contributed by atoms with Crippen LogP contribution in [0.5, 0.6) is 0 Å². The lowest BCUT2D eigenvalue weighted by Crippen LogP contribution is -2.08. The van der Waals surface area contributed by atoms with Crippen LogP contribution in [0.4, 0.5) is 0 Å². The number of nitrogens with two attached hydrogens (primary N) is 1. The molecule has 0 aliphatic heterocycles. The Kier molecular flexibility index (Phi) is 3.11. The number of hydrogen-bond acceptors (Lipinski definition) is 3. The number of rotatable bonds is 2. The van der Waals surface area contributed by atoms with Crippen LogP contribution in [0.2, 0.25) is 0 Å². The molecular formula is C9H7Br2NOS. The highest BCUT2D eigenvalue weighted by molar-refractivity contribution is 9.11. The van der Waals surface area contributed by atoms with Crippen LogP contribution in [-0.4, -0.2) is 0 Å². The Morgan fingerprint density at radius 2 is 2.00 bits per heavy atom. The summed E-state index contributed by atoms with van der Waals surface area (Å²) in [5.41, 5.74) is 6.02. The van der Waals surface area contributed by atoms with Crippen molar-refractivity contribution in [2.45, 2.75) is 6.04 Å². The molecular weight excluding hydrogens is 330 g/mol. The van der Waals surface area contributed by atoms with Crippen LogP contribution in [0.1, 0.15) is 16.7 Å². The van der Waals surface area contributed by atoms with Gasteiger partial charge in [-0.05, 0) is 56.1 Å². The predicted molar refractivity (Wildman–Crippen MR) is 64.5 cm³/mol. The number of halogens is 2. The summed E-state index contributed by atoms with van der Waals surface area (Å²) < 4.78 is 7.18. The fourth-order valence-electron chi connectivity index (χ4n) is 1.13. The zero-order chi connectivity index (χ0) is 10.1. The van der Waals surface area contributed by atoms with Crippen molar-refractivity contribution in [3.05, 3.63) is 43.4 Å². The van der Waals surface area contributed by atoms with Gasteiger partial charge in [-0.3, -0.25) is 0 Å². The summed E-state index contributed by atoms with van der Waals surface area (Å²) in [7, 11) is 0. The highest BCUT2D eigenvalue weighted by Gasteiger charge is 2.14. The van der Waals surface area contributed by atoms with E-state index in [1.807, 2.05) is 24.3 Å². The number of furan rings is 1. The van der Waals surface area contributed by atoms with Gasteiger partial charge >= 0.3 is 0 Å². The lowest BCUT2D eigenvalue weighted by molar-refractivity contribution is 0.472. The quantitative estimate of drug-likeness (QED) is 0.902. The number of hydrogen-bond donors (Lipinski definition) is 1. The molecule has 0 amide bonds. The molecule has 2 rings (SSSR count). The Morgan fingerprint density at radius 3 is 2.50 bits per heavy atom. The highest BCUT2D eigenvalue weighted by atomic mass is 79.9. The average molecular weight is 337 g/mol. The minimum Gasteiger partial charge on any atom is -0.452 e. The fraction of sp³-hybridized carbons (Fsp3) is 0.111. The van der Waals surface area contributed by atoms with Crippen LogP contribution in [0, 0.1) is 0 Å². The Hall–Kier alpha value is -0.100. The van der Waals surface area contributed by atoms with Gasteiger partial charge in [-0.15, -0.1) is 11.3 Å². The van der Waals surface area contributed by atoms with E-state index < -0.39 is 0 Å². The second kappa shape index (κ2) is 4.18. The first kappa shape index (κ1) is 10.4. The smallest absolute Gasteiger partial charge is 0.169 e. The standard InChI is InChI=1S/C9H7Br2NOS/c10-7-3-1-5(13-7)9(12)6-2-4-8(11)14-6/h1-4,9H,12H2. The van der Waals surface area contributed by atoms with E-state index in [0.29, 0.717) is 4.67 Å². The van der Waals surface area contributed by atoms with Gasteiger partial charge in [0.1, 0.15) is 5.76 Å². The van der Waals surface area contributed by atoms with Crippen LogP contribution in [-0.2, 0) is 0 Å². The summed E-state index contributed by atoms with van der Waals surface area (Å²) in [6.07, 6.45) is 0. The molecule has 5 heteroatoms.